The Hall–Kier alpha value is -2.03. The van der Waals surface area contributed by atoms with Gasteiger partial charge in [-0.25, -0.2) is 0 Å². The minimum atomic E-state index is 0.0576. The van der Waals surface area contributed by atoms with Crippen LogP contribution in [0.1, 0.15) is 13.3 Å². The second-order valence-corrected chi connectivity index (χ2v) is 3.81. The molecule has 0 atom stereocenters. The summed E-state index contributed by atoms with van der Waals surface area (Å²) in [5.74, 6) is 0.900. The summed E-state index contributed by atoms with van der Waals surface area (Å²) in [6.45, 7) is 1.88. The molecular weight excluding hydrogens is 216 g/mol. The highest BCUT2D eigenvalue weighted by molar-refractivity contribution is 5.93. The standard InChI is InChI=1S/C14H14O3/c1-2-10(15)9-17-14-8-4-5-11-12(14)6-3-7-13(11)16/h3-8,16H,2,9H2,1H3. The van der Waals surface area contributed by atoms with E-state index in [1.807, 2.05) is 12.1 Å². The number of ether oxygens (including phenoxy) is 1. The summed E-state index contributed by atoms with van der Waals surface area (Å²) in [4.78, 5) is 11.2. The molecule has 0 spiro atoms. The average Bonchev–Trinajstić information content (AvgIpc) is 2.36. The lowest BCUT2D eigenvalue weighted by atomic mass is 10.1. The van der Waals surface area contributed by atoms with Crippen LogP contribution in [0, 0.1) is 0 Å². The molecule has 0 aliphatic carbocycles. The molecule has 2 aromatic carbocycles. The Morgan fingerprint density at radius 3 is 2.65 bits per heavy atom. The number of fused-ring (bicyclic) bond motifs is 1. The van der Waals surface area contributed by atoms with E-state index in [1.165, 1.54) is 0 Å². The SMILES string of the molecule is CCC(=O)COc1cccc2c(O)cccc12. The van der Waals surface area contributed by atoms with Crippen LogP contribution in [0.5, 0.6) is 11.5 Å². The number of ketones is 1. The number of hydrogen-bond donors (Lipinski definition) is 1. The lowest BCUT2D eigenvalue weighted by Crippen LogP contribution is -2.09. The molecule has 2 rings (SSSR count). The summed E-state index contributed by atoms with van der Waals surface area (Å²) < 4.78 is 5.47. The van der Waals surface area contributed by atoms with Gasteiger partial charge < -0.3 is 9.84 Å². The van der Waals surface area contributed by atoms with Crippen molar-refractivity contribution in [2.75, 3.05) is 6.61 Å². The van der Waals surface area contributed by atoms with Crippen molar-refractivity contribution in [3.05, 3.63) is 36.4 Å². The molecule has 0 aliphatic heterocycles. The van der Waals surface area contributed by atoms with Crippen molar-refractivity contribution in [3.63, 3.8) is 0 Å². The molecule has 1 N–H and O–H groups in total. The van der Waals surface area contributed by atoms with Crippen LogP contribution in [0.4, 0.5) is 0 Å². The number of Topliss-reactive ketones (excluding diaryl/α,β-unsaturated/α-hetero) is 1. The number of phenolic OH excluding ortho intramolecular Hbond substituents is 1. The Morgan fingerprint density at radius 1 is 1.18 bits per heavy atom. The van der Waals surface area contributed by atoms with Gasteiger partial charge in [-0.15, -0.1) is 0 Å². The van der Waals surface area contributed by atoms with Gasteiger partial charge in [0.2, 0.25) is 0 Å². The third kappa shape index (κ3) is 2.38. The molecule has 17 heavy (non-hydrogen) atoms. The molecule has 0 amide bonds. The van der Waals surface area contributed by atoms with Gasteiger partial charge in [0.1, 0.15) is 18.1 Å². The van der Waals surface area contributed by atoms with E-state index in [4.69, 9.17) is 4.74 Å². The van der Waals surface area contributed by atoms with Crippen LogP contribution in [-0.4, -0.2) is 17.5 Å². The molecule has 2 aromatic rings. The van der Waals surface area contributed by atoms with Crippen LogP contribution >= 0.6 is 0 Å². The molecule has 88 valence electrons. The van der Waals surface area contributed by atoms with Gasteiger partial charge in [-0.2, -0.15) is 0 Å². The number of hydrogen-bond acceptors (Lipinski definition) is 3. The largest absolute Gasteiger partial charge is 0.507 e. The first-order chi connectivity index (χ1) is 8.22. The Labute approximate surface area is 99.6 Å². The van der Waals surface area contributed by atoms with E-state index in [2.05, 4.69) is 0 Å². The zero-order valence-corrected chi connectivity index (χ0v) is 9.64. The van der Waals surface area contributed by atoms with Crippen LogP contribution in [0.15, 0.2) is 36.4 Å². The van der Waals surface area contributed by atoms with Crippen molar-refractivity contribution in [1.82, 2.24) is 0 Å². The molecule has 0 radical (unpaired) electrons. The van der Waals surface area contributed by atoms with Crippen molar-refractivity contribution in [2.45, 2.75) is 13.3 Å². The van der Waals surface area contributed by atoms with E-state index >= 15 is 0 Å². The van der Waals surface area contributed by atoms with E-state index in [1.54, 1.807) is 31.2 Å². The third-order valence-corrected chi connectivity index (χ3v) is 2.64. The lowest BCUT2D eigenvalue weighted by molar-refractivity contribution is -0.120. The zero-order valence-electron chi connectivity index (χ0n) is 9.64. The number of carbonyl (C=O) groups is 1. The van der Waals surface area contributed by atoms with Crippen LogP contribution in [0.25, 0.3) is 10.8 Å². The summed E-state index contributed by atoms with van der Waals surface area (Å²) in [6.07, 6.45) is 0.468. The fourth-order valence-corrected chi connectivity index (χ4v) is 1.65. The number of benzene rings is 2. The zero-order chi connectivity index (χ0) is 12.3. The van der Waals surface area contributed by atoms with E-state index in [-0.39, 0.29) is 18.1 Å². The van der Waals surface area contributed by atoms with Crippen molar-refractivity contribution in [1.29, 1.82) is 0 Å². The summed E-state index contributed by atoms with van der Waals surface area (Å²) in [5, 5.41) is 11.2. The highest BCUT2D eigenvalue weighted by Crippen LogP contribution is 2.31. The lowest BCUT2D eigenvalue weighted by Gasteiger charge is -2.08. The molecule has 0 heterocycles. The van der Waals surface area contributed by atoms with Crippen LogP contribution in [0.3, 0.4) is 0 Å². The number of carbonyl (C=O) groups excluding carboxylic acids is 1. The first kappa shape index (κ1) is 11.5. The molecule has 0 saturated heterocycles. The summed E-state index contributed by atoms with van der Waals surface area (Å²) in [5.41, 5.74) is 0. The summed E-state index contributed by atoms with van der Waals surface area (Å²) >= 11 is 0. The quantitative estimate of drug-likeness (QED) is 0.878. The fourth-order valence-electron chi connectivity index (χ4n) is 1.65. The Balaban J connectivity index is 2.34. The van der Waals surface area contributed by atoms with Crippen molar-refractivity contribution >= 4 is 16.6 Å². The minimum Gasteiger partial charge on any atom is -0.507 e. The average molecular weight is 230 g/mol. The molecule has 0 aliphatic rings. The second kappa shape index (κ2) is 4.87. The molecule has 3 heteroatoms. The molecule has 0 aromatic heterocycles. The first-order valence-electron chi connectivity index (χ1n) is 5.57. The molecule has 3 nitrogen and oxygen atoms in total. The number of rotatable bonds is 4. The van der Waals surface area contributed by atoms with Crippen molar-refractivity contribution in [3.8, 4) is 11.5 Å². The monoisotopic (exact) mass is 230 g/mol. The number of aromatic hydroxyl groups is 1. The maximum Gasteiger partial charge on any atom is 0.169 e. The topological polar surface area (TPSA) is 46.5 Å². The molecule has 0 bridgehead atoms. The first-order valence-corrected chi connectivity index (χ1v) is 5.57. The third-order valence-electron chi connectivity index (χ3n) is 2.64. The molecule has 0 saturated carbocycles. The predicted octanol–water partition coefficient (Wildman–Crippen LogP) is 2.90. The van der Waals surface area contributed by atoms with Crippen LogP contribution < -0.4 is 4.74 Å². The van der Waals surface area contributed by atoms with Gasteiger partial charge in [-0.3, -0.25) is 4.79 Å². The van der Waals surface area contributed by atoms with E-state index in [0.717, 1.165) is 10.8 Å². The minimum absolute atomic E-state index is 0.0576. The fraction of sp³-hybridized carbons (Fsp3) is 0.214. The maximum absolute atomic E-state index is 11.2. The van der Waals surface area contributed by atoms with Crippen molar-refractivity contribution < 1.29 is 14.6 Å². The Kier molecular flexibility index (Phi) is 3.28. The van der Waals surface area contributed by atoms with E-state index < -0.39 is 0 Å². The Bertz CT molecular complexity index is 546. The maximum atomic E-state index is 11.2. The Morgan fingerprint density at radius 2 is 1.88 bits per heavy atom. The summed E-state index contributed by atoms with van der Waals surface area (Å²) in [6, 6.07) is 10.7. The van der Waals surface area contributed by atoms with E-state index in [9.17, 15) is 9.90 Å². The second-order valence-electron chi connectivity index (χ2n) is 3.81. The normalized spacial score (nSPS) is 10.4. The van der Waals surface area contributed by atoms with Gasteiger partial charge >= 0.3 is 0 Å². The smallest absolute Gasteiger partial charge is 0.169 e. The molecule has 0 fully saturated rings. The van der Waals surface area contributed by atoms with Gasteiger partial charge in [0.05, 0.1) is 0 Å². The predicted molar refractivity (Wildman–Crippen MR) is 66.4 cm³/mol. The van der Waals surface area contributed by atoms with Crippen LogP contribution in [0.2, 0.25) is 0 Å². The highest BCUT2D eigenvalue weighted by Gasteiger charge is 2.06. The van der Waals surface area contributed by atoms with Crippen LogP contribution in [-0.2, 0) is 4.79 Å². The number of phenols is 1. The molecule has 0 unspecified atom stereocenters. The van der Waals surface area contributed by atoms with Gasteiger partial charge in [-0.1, -0.05) is 31.2 Å². The summed E-state index contributed by atoms with van der Waals surface area (Å²) in [7, 11) is 0. The van der Waals surface area contributed by atoms with E-state index in [0.29, 0.717) is 12.2 Å². The van der Waals surface area contributed by atoms with Gasteiger partial charge in [0.25, 0.3) is 0 Å². The highest BCUT2D eigenvalue weighted by atomic mass is 16.5. The van der Waals surface area contributed by atoms with Crippen molar-refractivity contribution in [2.24, 2.45) is 0 Å². The molecular formula is C14H14O3. The van der Waals surface area contributed by atoms with Gasteiger partial charge in [-0.05, 0) is 12.1 Å². The van der Waals surface area contributed by atoms with Gasteiger partial charge in [0.15, 0.2) is 5.78 Å². The van der Waals surface area contributed by atoms with Gasteiger partial charge in [0, 0.05) is 17.2 Å².